The van der Waals surface area contributed by atoms with E-state index in [2.05, 4.69) is 25.5 Å². The number of carbonyl (C=O) groups is 1. The van der Waals surface area contributed by atoms with E-state index in [1.807, 2.05) is 13.8 Å². The van der Waals surface area contributed by atoms with Crippen LogP contribution in [0.4, 0.5) is 5.95 Å². The van der Waals surface area contributed by atoms with Crippen LogP contribution in [-0.2, 0) is 4.79 Å². The van der Waals surface area contributed by atoms with Crippen LogP contribution in [0.3, 0.4) is 0 Å². The molecule has 0 saturated heterocycles. The monoisotopic (exact) mass is 374 g/mol. The molecule has 0 unspecified atom stereocenters. The van der Waals surface area contributed by atoms with E-state index in [1.165, 1.54) is 0 Å². The van der Waals surface area contributed by atoms with E-state index in [-0.39, 0.29) is 24.3 Å². The van der Waals surface area contributed by atoms with Crippen LogP contribution < -0.4 is 11.1 Å². The smallest absolute Gasteiger partial charge is 0.273 e. The lowest BCUT2D eigenvalue weighted by molar-refractivity contribution is -0.113. The second-order valence-corrected chi connectivity index (χ2v) is 6.98. The molecule has 0 bridgehead atoms. The van der Waals surface area contributed by atoms with Crippen LogP contribution >= 0.6 is 12.4 Å². The van der Waals surface area contributed by atoms with Crippen LogP contribution in [0.2, 0.25) is 0 Å². The highest BCUT2D eigenvalue weighted by Crippen LogP contribution is 2.49. The van der Waals surface area contributed by atoms with Crippen molar-refractivity contribution in [1.82, 2.24) is 20.2 Å². The average Bonchev–Trinajstić information content (AvgIpc) is 3.51. The number of allylic oxidation sites excluding steroid dienone is 1. The molecule has 0 aromatic carbocycles. The number of nitrogens with two attached hydrogens (primary N) is 1. The van der Waals surface area contributed by atoms with Gasteiger partial charge >= 0.3 is 0 Å². The average molecular weight is 375 g/mol. The molecule has 2 saturated carbocycles. The topological polar surface area (TPSA) is 110 Å². The zero-order valence-electron chi connectivity index (χ0n) is 14.9. The van der Waals surface area contributed by atoms with Gasteiger partial charge in [-0.25, -0.2) is 9.97 Å². The van der Waals surface area contributed by atoms with Crippen molar-refractivity contribution in [2.24, 2.45) is 17.6 Å². The first-order valence-corrected chi connectivity index (χ1v) is 8.69. The largest absolute Gasteiger partial charge is 0.394 e. The van der Waals surface area contributed by atoms with E-state index in [9.17, 15) is 4.79 Å². The van der Waals surface area contributed by atoms with Crippen LogP contribution in [0.25, 0.3) is 11.1 Å². The lowest BCUT2D eigenvalue weighted by Gasteiger charge is -2.10. The molecule has 0 radical (unpaired) electrons. The lowest BCUT2D eigenvalue weighted by Crippen LogP contribution is -2.24. The van der Waals surface area contributed by atoms with Gasteiger partial charge < -0.3 is 5.73 Å². The van der Waals surface area contributed by atoms with E-state index in [4.69, 9.17) is 5.73 Å². The summed E-state index contributed by atoms with van der Waals surface area (Å²) in [5.41, 5.74) is 11.4. The molecule has 1 amide bonds. The van der Waals surface area contributed by atoms with Gasteiger partial charge in [-0.2, -0.15) is 5.10 Å². The highest BCUT2D eigenvalue weighted by atomic mass is 35.5. The van der Waals surface area contributed by atoms with Crippen molar-refractivity contribution in [2.75, 3.05) is 5.32 Å². The Balaban J connectivity index is 0.00000196. The molecule has 7 nitrogen and oxygen atoms in total. The van der Waals surface area contributed by atoms with E-state index >= 15 is 0 Å². The van der Waals surface area contributed by atoms with Gasteiger partial charge in [-0.05, 0) is 56.9 Å². The maximum atomic E-state index is 12.5. The van der Waals surface area contributed by atoms with Crippen molar-refractivity contribution < 1.29 is 4.79 Å². The number of hydrogen-bond donors (Lipinski definition) is 3. The molecule has 2 aromatic heterocycles. The Bertz CT molecular complexity index is 816. The number of anilines is 1. The summed E-state index contributed by atoms with van der Waals surface area (Å²) in [6, 6.07) is 0. The van der Waals surface area contributed by atoms with E-state index in [0.29, 0.717) is 17.5 Å². The van der Waals surface area contributed by atoms with Gasteiger partial charge in [0.05, 0.1) is 11.4 Å². The van der Waals surface area contributed by atoms with Crippen LogP contribution in [0.1, 0.15) is 37.1 Å². The first-order chi connectivity index (χ1) is 12.0. The second kappa shape index (κ2) is 7.07. The van der Waals surface area contributed by atoms with E-state index in [0.717, 1.165) is 53.8 Å². The predicted molar refractivity (Wildman–Crippen MR) is 102 cm³/mol. The lowest BCUT2D eigenvalue weighted by atomic mass is 10.0. The van der Waals surface area contributed by atoms with Crippen molar-refractivity contribution >= 4 is 24.3 Å². The number of amides is 1. The second-order valence-electron chi connectivity index (χ2n) is 6.98. The summed E-state index contributed by atoms with van der Waals surface area (Å²) < 4.78 is 0. The van der Waals surface area contributed by atoms with Gasteiger partial charge in [-0.1, -0.05) is 0 Å². The Morgan fingerprint density at radius 2 is 1.73 bits per heavy atom. The fourth-order valence-electron chi connectivity index (χ4n) is 3.36. The minimum atomic E-state index is -0.294. The first-order valence-electron chi connectivity index (χ1n) is 8.69. The van der Waals surface area contributed by atoms with Gasteiger partial charge in [0, 0.05) is 29.2 Å². The van der Waals surface area contributed by atoms with Gasteiger partial charge in [0.15, 0.2) is 0 Å². The number of nitrogens with zero attached hydrogens (tertiary/aromatic N) is 3. The molecule has 4 N–H and O–H groups in total. The number of nitrogens with one attached hydrogen (secondary N) is 2. The standard InChI is InChI=1S/C18H22N6O.ClH/c1-9-14(10(2)24-23-9)13-7-20-18(21-8-13)22-17(25)16(19)15(11-3-4-11)12-5-6-12;/h7-8,11-12H,3-6,19H2,1-2H3,(H,23,24)(H,20,21,22,25);1H. The Morgan fingerprint density at radius 1 is 1.15 bits per heavy atom. The third kappa shape index (κ3) is 3.58. The van der Waals surface area contributed by atoms with Crippen molar-refractivity contribution in [3.05, 3.63) is 35.1 Å². The Morgan fingerprint density at radius 3 is 2.19 bits per heavy atom. The van der Waals surface area contributed by atoms with Crippen molar-refractivity contribution in [2.45, 2.75) is 39.5 Å². The summed E-state index contributed by atoms with van der Waals surface area (Å²) in [4.78, 5) is 21.0. The molecule has 2 fully saturated rings. The molecule has 0 atom stereocenters. The normalized spacial score (nSPS) is 15.9. The van der Waals surface area contributed by atoms with Crippen LogP contribution in [0.5, 0.6) is 0 Å². The fourth-order valence-corrected chi connectivity index (χ4v) is 3.36. The van der Waals surface area contributed by atoms with Gasteiger partial charge in [0.25, 0.3) is 5.91 Å². The number of halogens is 1. The molecule has 8 heteroatoms. The maximum absolute atomic E-state index is 12.5. The SMILES string of the molecule is Cc1n[nH]c(C)c1-c1cnc(NC(=O)C(N)=C(C2CC2)C2CC2)nc1.Cl. The predicted octanol–water partition coefficient (Wildman–Crippen LogP) is 2.88. The number of aromatic amines is 1. The van der Waals surface area contributed by atoms with Gasteiger partial charge in [-0.3, -0.25) is 15.2 Å². The zero-order valence-corrected chi connectivity index (χ0v) is 15.7. The van der Waals surface area contributed by atoms with Crippen molar-refractivity contribution in [3.63, 3.8) is 0 Å². The molecular formula is C18H23ClN6O. The zero-order chi connectivity index (χ0) is 17.6. The highest BCUT2D eigenvalue weighted by molar-refractivity contribution is 6.02. The Kier molecular flexibility index (Phi) is 5.00. The molecule has 2 aliphatic carbocycles. The van der Waals surface area contributed by atoms with Crippen LogP contribution in [-0.4, -0.2) is 26.1 Å². The number of carbonyl (C=O) groups excluding carboxylic acids is 1. The summed E-state index contributed by atoms with van der Waals surface area (Å²) in [6.07, 6.45) is 7.97. The third-order valence-corrected chi connectivity index (χ3v) is 4.88. The quantitative estimate of drug-likeness (QED) is 0.697. The van der Waals surface area contributed by atoms with Crippen molar-refractivity contribution in [3.8, 4) is 11.1 Å². The number of rotatable bonds is 5. The van der Waals surface area contributed by atoms with E-state index < -0.39 is 0 Å². The molecule has 0 spiro atoms. The molecule has 2 heterocycles. The van der Waals surface area contributed by atoms with Crippen molar-refractivity contribution in [1.29, 1.82) is 0 Å². The molecule has 4 rings (SSSR count). The first kappa shape index (κ1) is 18.4. The minimum absolute atomic E-state index is 0. The van der Waals surface area contributed by atoms with Gasteiger partial charge in [-0.15, -0.1) is 12.4 Å². The molecule has 138 valence electrons. The number of aromatic nitrogens is 4. The Labute approximate surface area is 158 Å². The summed E-state index contributed by atoms with van der Waals surface area (Å²) in [5, 5.41) is 9.84. The summed E-state index contributed by atoms with van der Waals surface area (Å²) >= 11 is 0. The van der Waals surface area contributed by atoms with Crippen LogP contribution in [0.15, 0.2) is 23.7 Å². The number of hydrogen-bond acceptors (Lipinski definition) is 5. The molecule has 2 aromatic rings. The van der Waals surface area contributed by atoms with Gasteiger partial charge in [0.1, 0.15) is 0 Å². The summed E-state index contributed by atoms with van der Waals surface area (Å²) in [7, 11) is 0. The molecule has 0 aliphatic heterocycles. The Hall–Kier alpha value is -2.41. The molecule has 2 aliphatic rings. The minimum Gasteiger partial charge on any atom is -0.394 e. The molecule has 26 heavy (non-hydrogen) atoms. The number of H-pyrrole nitrogens is 1. The third-order valence-electron chi connectivity index (χ3n) is 4.88. The summed E-state index contributed by atoms with van der Waals surface area (Å²) in [5.74, 6) is 0.987. The molecular weight excluding hydrogens is 352 g/mol. The van der Waals surface area contributed by atoms with Gasteiger partial charge in [0.2, 0.25) is 5.95 Å². The number of aryl methyl sites for hydroxylation is 2. The van der Waals surface area contributed by atoms with E-state index in [1.54, 1.807) is 12.4 Å². The highest BCUT2D eigenvalue weighted by Gasteiger charge is 2.39. The fraction of sp³-hybridized carbons (Fsp3) is 0.444. The maximum Gasteiger partial charge on any atom is 0.273 e. The summed E-state index contributed by atoms with van der Waals surface area (Å²) in [6.45, 7) is 3.88. The van der Waals surface area contributed by atoms with Crippen LogP contribution in [0, 0.1) is 25.7 Å².